The Labute approximate surface area is 166 Å². The lowest BCUT2D eigenvalue weighted by Crippen LogP contribution is -2.01. The molecule has 4 N–H and O–H groups in total. The highest BCUT2D eigenvalue weighted by Crippen LogP contribution is 2.23. The minimum Gasteiger partial charge on any atom is -0.478 e. The number of fused-ring (bicyclic) bond motifs is 2. The molecule has 140 valence electrons. The molecule has 0 unspecified atom stereocenters. The molecule has 4 rings (SSSR count). The maximum atomic E-state index is 10.8. The summed E-state index contributed by atoms with van der Waals surface area (Å²) in [5.41, 5.74) is 6.31. The van der Waals surface area contributed by atoms with Gasteiger partial charge in [-0.3, -0.25) is 0 Å². The molecule has 0 saturated carbocycles. The summed E-state index contributed by atoms with van der Waals surface area (Å²) in [7, 11) is 0. The molecule has 0 bridgehead atoms. The van der Waals surface area contributed by atoms with Gasteiger partial charge in [0.1, 0.15) is 0 Å². The number of thiol groups is 1. The maximum Gasteiger partial charge on any atom is 0.337 e. The van der Waals surface area contributed by atoms with Gasteiger partial charge in [0.15, 0.2) is 0 Å². The van der Waals surface area contributed by atoms with Gasteiger partial charge in [0.05, 0.1) is 11.1 Å². The van der Waals surface area contributed by atoms with E-state index in [2.05, 4.69) is 12.6 Å². The van der Waals surface area contributed by atoms with Crippen LogP contribution in [0, 0.1) is 0 Å². The number of carbonyl (C=O) groups is 2. The topological polar surface area (TPSA) is 101 Å². The van der Waals surface area contributed by atoms with Crippen LogP contribution < -0.4 is 5.73 Å². The molecule has 0 saturated heterocycles. The zero-order valence-electron chi connectivity index (χ0n) is 14.7. The molecule has 0 aliphatic carbocycles. The van der Waals surface area contributed by atoms with Crippen molar-refractivity contribution in [3.8, 4) is 0 Å². The first-order valence-electron chi connectivity index (χ1n) is 8.33. The molecule has 6 heteroatoms. The van der Waals surface area contributed by atoms with E-state index < -0.39 is 11.9 Å². The Morgan fingerprint density at radius 2 is 1.07 bits per heavy atom. The highest BCUT2D eigenvalue weighted by molar-refractivity contribution is 7.80. The van der Waals surface area contributed by atoms with Crippen LogP contribution in [0.3, 0.4) is 0 Å². The summed E-state index contributed by atoms with van der Waals surface area (Å²) in [6.45, 7) is 0. The molecule has 0 amide bonds. The van der Waals surface area contributed by atoms with E-state index in [1.807, 2.05) is 48.5 Å². The quantitative estimate of drug-likeness (QED) is 0.286. The molecule has 0 atom stereocenters. The predicted octanol–water partition coefficient (Wildman–Crippen LogP) is 4.95. The lowest BCUT2D eigenvalue weighted by atomic mass is 10.1. The molecule has 28 heavy (non-hydrogen) atoms. The van der Waals surface area contributed by atoms with E-state index in [1.54, 1.807) is 24.3 Å². The number of carboxylic acid groups (broad SMARTS) is 2. The lowest BCUT2D eigenvalue weighted by molar-refractivity contribution is 0.0684. The Hall–Kier alpha value is -3.51. The monoisotopic (exact) mass is 391 g/mol. The number of nitrogens with two attached hydrogens (primary N) is 1. The largest absolute Gasteiger partial charge is 0.478 e. The predicted molar refractivity (Wildman–Crippen MR) is 113 cm³/mol. The lowest BCUT2D eigenvalue weighted by Gasteiger charge is -2.03. The molecule has 0 aliphatic rings. The summed E-state index contributed by atoms with van der Waals surface area (Å²) in [6, 6.07) is 21.8. The summed E-state index contributed by atoms with van der Waals surface area (Å²) in [4.78, 5) is 22.1. The van der Waals surface area contributed by atoms with E-state index in [-0.39, 0.29) is 11.1 Å². The van der Waals surface area contributed by atoms with E-state index in [0.29, 0.717) is 10.6 Å². The third kappa shape index (κ3) is 4.07. The van der Waals surface area contributed by atoms with Gasteiger partial charge in [-0.05, 0) is 45.8 Å². The van der Waals surface area contributed by atoms with Gasteiger partial charge in [0.2, 0.25) is 0 Å². The first kappa shape index (κ1) is 19.3. The molecule has 0 spiro atoms. The maximum absolute atomic E-state index is 10.8. The summed E-state index contributed by atoms with van der Waals surface area (Å²) in [5, 5.41) is 21.5. The van der Waals surface area contributed by atoms with Gasteiger partial charge in [-0.25, -0.2) is 9.59 Å². The fourth-order valence-corrected chi connectivity index (χ4v) is 3.14. The average Bonchev–Trinajstić information content (AvgIpc) is 2.67. The van der Waals surface area contributed by atoms with Crippen LogP contribution in [0.15, 0.2) is 77.7 Å². The number of hydrogen-bond donors (Lipinski definition) is 4. The fourth-order valence-electron chi connectivity index (χ4n) is 2.84. The number of carboxylic acids is 2. The molecule has 0 radical (unpaired) electrons. The molecule has 0 aromatic heterocycles. The van der Waals surface area contributed by atoms with Crippen molar-refractivity contribution in [1.82, 2.24) is 0 Å². The highest BCUT2D eigenvalue weighted by atomic mass is 32.1. The first-order chi connectivity index (χ1) is 13.4. The van der Waals surface area contributed by atoms with Crippen molar-refractivity contribution in [2.24, 2.45) is 0 Å². The van der Waals surface area contributed by atoms with Crippen LogP contribution in [0.4, 0.5) is 5.69 Å². The molecule has 0 heterocycles. The van der Waals surface area contributed by atoms with E-state index in [0.717, 1.165) is 21.5 Å². The normalized spacial score (nSPS) is 10.3. The number of hydrogen-bond acceptors (Lipinski definition) is 4. The summed E-state index contributed by atoms with van der Waals surface area (Å²) in [6.07, 6.45) is 0. The van der Waals surface area contributed by atoms with E-state index >= 15 is 0 Å². The van der Waals surface area contributed by atoms with Crippen molar-refractivity contribution >= 4 is 51.8 Å². The Bertz CT molecular complexity index is 1110. The highest BCUT2D eigenvalue weighted by Gasteiger charge is 2.09. The zero-order chi connectivity index (χ0) is 20.3. The third-order valence-corrected chi connectivity index (χ3v) is 4.61. The number of benzene rings is 4. The van der Waals surface area contributed by atoms with Crippen molar-refractivity contribution in [2.45, 2.75) is 4.90 Å². The smallest absolute Gasteiger partial charge is 0.337 e. The minimum absolute atomic E-state index is 0.156. The van der Waals surface area contributed by atoms with Crippen molar-refractivity contribution in [3.63, 3.8) is 0 Å². The molecular formula is C22H17NO4S. The Balaban J connectivity index is 0.000000161. The minimum atomic E-state index is -0.992. The van der Waals surface area contributed by atoms with Crippen molar-refractivity contribution in [1.29, 1.82) is 0 Å². The standard InChI is InChI=1S/C11H9NO2.C11H8O2S/c12-10-6-8-4-2-1-3-7(8)5-9(10)11(13)14;12-11(13)9-5-7-3-1-2-4-8(7)6-10(9)14/h1-6H,12H2,(H,13,14);1-6,14H,(H,12,13). The second-order valence-electron chi connectivity index (χ2n) is 6.11. The van der Waals surface area contributed by atoms with Gasteiger partial charge >= 0.3 is 11.9 Å². The number of aromatic carboxylic acids is 2. The zero-order valence-corrected chi connectivity index (χ0v) is 15.6. The molecule has 0 fully saturated rings. The fraction of sp³-hybridized carbons (Fsp3) is 0. The third-order valence-electron chi connectivity index (χ3n) is 4.24. The molecular weight excluding hydrogens is 374 g/mol. The summed E-state index contributed by atoms with van der Waals surface area (Å²) >= 11 is 4.13. The van der Waals surface area contributed by atoms with E-state index in [1.165, 1.54) is 0 Å². The van der Waals surface area contributed by atoms with Gasteiger partial charge in [-0.1, -0.05) is 48.5 Å². The van der Waals surface area contributed by atoms with E-state index in [9.17, 15) is 9.59 Å². The molecule has 4 aromatic carbocycles. The van der Waals surface area contributed by atoms with Gasteiger partial charge in [-0.2, -0.15) is 0 Å². The van der Waals surface area contributed by atoms with Crippen LogP contribution in [0.1, 0.15) is 20.7 Å². The van der Waals surface area contributed by atoms with Gasteiger partial charge in [-0.15, -0.1) is 12.6 Å². The van der Waals surface area contributed by atoms with Crippen LogP contribution in [-0.2, 0) is 0 Å². The number of anilines is 1. The second-order valence-corrected chi connectivity index (χ2v) is 6.60. The SMILES string of the molecule is Nc1cc2ccccc2cc1C(=O)O.O=C(O)c1cc2ccccc2cc1S. The van der Waals surface area contributed by atoms with Crippen molar-refractivity contribution in [2.75, 3.05) is 5.73 Å². The average molecular weight is 391 g/mol. The van der Waals surface area contributed by atoms with Gasteiger partial charge < -0.3 is 15.9 Å². The van der Waals surface area contributed by atoms with Crippen LogP contribution in [0.25, 0.3) is 21.5 Å². The van der Waals surface area contributed by atoms with Crippen molar-refractivity contribution in [3.05, 3.63) is 83.9 Å². The van der Waals surface area contributed by atoms with Crippen LogP contribution in [0.5, 0.6) is 0 Å². The van der Waals surface area contributed by atoms with Crippen LogP contribution >= 0.6 is 12.6 Å². The van der Waals surface area contributed by atoms with E-state index in [4.69, 9.17) is 15.9 Å². The molecule has 5 nitrogen and oxygen atoms in total. The Morgan fingerprint density at radius 1 is 0.679 bits per heavy atom. The number of nitrogen functional groups attached to an aromatic ring is 1. The Morgan fingerprint density at radius 3 is 1.54 bits per heavy atom. The second kappa shape index (κ2) is 8.02. The van der Waals surface area contributed by atoms with Gasteiger partial charge in [0, 0.05) is 10.6 Å². The summed E-state index contributed by atoms with van der Waals surface area (Å²) in [5.74, 6) is -1.94. The van der Waals surface area contributed by atoms with Crippen LogP contribution in [0.2, 0.25) is 0 Å². The Kier molecular flexibility index (Phi) is 5.52. The summed E-state index contributed by atoms with van der Waals surface area (Å²) < 4.78 is 0. The van der Waals surface area contributed by atoms with Crippen LogP contribution in [-0.4, -0.2) is 22.2 Å². The van der Waals surface area contributed by atoms with Crippen molar-refractivity contribution < 1.29 is 19.8 Å². The molecule has 4 aromatic rings. The number of rotatable bonds is 2. The first-order valence-corrected chi connectivity index (χ1v) is 8.78. The van der Waals surface area contributed by atoms with Gasteiger partial charge in [0.25, 0.3) is 0 Å². The molecule has 0 aliphatic heterocycles.